The number of ether oxygens (including phenoxy) is 1. The predicted octanol–water partition coefficient (Wildman–Crippen LogP) is 1.93. The van der Waals surface area contributed by atoms with Crippen LogP contribution in [0, 0.1) is 6.92 Å². The summed E-state index contributed by atoms with van der Waals surface area (Å²) in [6.45, 7) is 2.30. The molecule has 7 nitrogen and oxygen atoms in total. The summed E-state index contributed by atoms with van der Waals surface area (Å²) < 4.78 is 9.56. The number of rotatable bonds is 5. The minimum absolute atomic E-state index is 0.132. The Hall–Kier alpha value is -1.67. The van der Waals surface area contributed by atoms with Crippen LogP contribution < -0.4 is 5.32 Å². The van der Waals surface area contributed by atoms with Crippen molar-refractivity contribution in [2.45, 2.75) is 13.3 Å². The van der Waals surface area contributed by atoms with Gasteiger partial charge in [0.25, 0.3) is 0 Å². The minimum Gasteiger partial charge on any atom is -0.465 e. The predicted molar refractivity (Wildman–Crippen MR) is 69.7 cm³/mol. The van der Waals surface area contributed by atoms with Gasteiger partial charge in [-0.15, -0.1) is 0 Å². The maximum atomic E-state index is 11.3. The number of nitrogens with one attached hydrogen (secondary N) is 1. The number of hydrogen-bond acceptors (Lipinski definition) is 8. The third kappa shape index (κ3) is 3.42. The SMILES string of the molecule is COC(=O)c1sc(NCCc2nc(C)no2)nc1Cl. The highest BCUT2D eigenvalue weighted by molar-refractivity contribution is 7.18. The molecule has 0 saturated heterocycles. The van der Waals surface area contributed by atoms with Crippen LogP contribution in [0.2, 0.25) is 5.15 Å². The van der Waals surface area contributed by atoms with Gasteiger partial charge in [0.2, 0.25) is 5.89 Å². The molecule has 0 bridgehead atoms. The van der Waals surface area contributed by atoms with Crippen molar-refractivity contribution < 1.29 is 14.1 Å². The van der Waals surface area contributed by atoms with E-state index in [9.17, 15) is 4.79 Å². The second-order valence-electron chi connectivity index (χ2n) is 3.54. The molecule has 0 atom stereocenters. The quantitative estimate of drug-likeness (QED) is 0.844. The molecule has 2 rings (SSSR count). The molecule has 2 aromatic rings. The second-order valence-corrected chi connectivity index (χ2v) is 4.90. The number of nitrogens with zero attached hydrogens (tertiary/aromatic N) is 3. The first-order valence-electron chi connectivity index (χ1n) is 5.38. The van der Waals surface area contributed by atoms with Crippen molar-refractivity contribution in [2.24, 2.45) is 0 Å². The van der Waals surface area contributed by atoms with Gasteiger partial charge in [0.05, 0.1) is 7.11 Å². The van der Waals surface area contributed by atoms with Gasteiger partial charge in [-0.25, -0.2) is 9.78 Å². The van der Waals surface area contributed by atoms with Crippen LogP contribution in [0.4, 0.5) is 5.13 Å². The highest BCUT2D eigenvalue weighted by atomic mass is 35.5. The van der Waals surface area contributed by atoms with Crippen LogP contribution in [0.25, 0.3) is 0 Å². The topological polar surface area (TPSA) is 90.1 Å². The number of esters is 1. The number of halogens is 1. The molecule has 2 aromatic heterocycles. The lowest BCUT2D eigenvalue weighted by Gasteiger charge is -1.98. The lowest BCUT2D eigenvalue weighted by molar-refractivity contribution is 0.0606. The zero-order chi connectivity index (χ0) is 13.8. The number of aromatic nitrogens is 3. The van der Waals surface area contributed by atoms with Gasteiger partial charge in [0.15, 0.2) is 21.0 Å². The van der Waals surface area contributed by atoms with E-state index >= 15 is 0 Å². The Morgan fingerprint density at radius 3 is 2.95 bits per heavy atom. The second kappa shape index (κ2) is 5.98. The lowest BCUT2D eigenvalue weighted by atomic mass is 10.4. The van der Waals surface area contributed by atoms with Crippen molar-refractivity contribution in [1.82, 2.24) is 15.1 Å². The van der Waals surface area contributed by atoms with Gasteiger partial charge < -0.3 is 14.6 Å². The highest BCUT2D eigenvalue weighted by Gasteiger charge is 2.17. The fraction of sp³-hybridized carbons (Fsp3) is 0.400. The average molecular weight is 303 g/mol. The fourth-order valence-corrected chi connectivity index (χ4v) is 2.44. The van der Waals surface area contributed by atoms with Crippen LogP contribution >= 0.6 is 22.9 Å². The zero-order valence-corrected chi connectivity index (χ0v) is 11.8. The van der Waals surface area contributed by atoms with E-state index in [2.05, 4.69) is 25.2 Å². The first-order chi connectivity index (χ1) is 9.10. The Kier molecular flexibility index (Phi) is 4.33. The van der Waals surface area contributed by atoms with E-state index in [0.717, 1.165) is 11.3 Å². The molecular formula is C10H11ClN4O3S. The highest BCUT2D eigenvalue weighted by Crippen LogP contribution is 2.27. The fourth-order valence-electron chi connectivity index (χ4n) is 1.31. The molecule has 1 N–H and O–H groups in total. The molecule has 0 unspecified atom stereocenters. The number of aryl methyl sites for hydroxylation is 1. The molecule has 0 saturated carbocycles. The number of carbonyl (C=O) groups is 1. The molecule has 9 heteroatoms. The van der Waals surface area contributed by atoms with E-state index < -0.39 is 5.97 Å². The van der Waals surface area contributed by atoms with Gasteiger partial charge in [-0.2, -0.15) is 4.98 Å². The molecule has 0 aliphatic heterocycles. The summed E-state index contributed by atoms with van der Waals surface area (Å²) in [7, 11) is 1.30. The monoisotopic (exact) mass is 302 g/mol. The van der Waals surface area contributed by atoms with Crippen molar-refractivity contribution in [1.29, 1.82) is 0 Å². The van der Waals surface area contributed by atoms with Crippen LogP contribution in [-0.4, -0.2) is 34.7 Å². The summed E-state index contributed by atoms with van der Waals surface area (Å²) in [6, 6.07) is 0. The van der Waals surface area contributed by atoms with Crippen LogP contribution in [0.1, 0.15) is 21.4 Å². The van der Waals surface area contributed by atoms with Crippen molar-refractivity contribution in [3.63, 3.8) is 0 Å². The van der Waals surface area contributed by atoms with Crippen LogP contribution in [0.5, 0.6) is 0 Å². The maximum Gasteiger partial charge on any atom is 0.351 e. The number of methoxy groups -OCH3 is 1. The van der Waals surface area contributed by atoms with E-state index in [0.29, 0.717) is 29.8 Å². The molecule has 0 spiro atoms. The first kappa shape index (κ1) is 13.8. The van der Waals surface area contributed by atoms with E-state index in [1.165, 1.54) is 7.11 Å². The van der Waals surface area contributed by atoms with Crippen molar-refractivity contribution in [3.8, 4) is 0 Å². The van der Waals surface area contributed by atoms with E-state index in [1.807, 2.05) is 0 Å². The molecule has 2 heterocycles. The third-order valence-corrected chi connectivity index (χ3v) is 3.52. The Morgan fingerprint density at radius 2 is 2.32 bits per heavy atom. The standard InChI is InChI=1S/C10H11ClN4O3S/c1-5-13-6(18-15-5)3-4-12-10-14-8(11)7(19-10)9(16)17-2/h3-4H2,1-2H3,(H,12,14). The third-order valence-electron chi connectivity index (χ3n) is 2.14. The Labute approximate surface area is 117 Å². The number of thiazole rings is 1. The molecule has 0 aliphatic rings. The Balaban J connectivity index is 1.91. The normalized spacial score (nSPS) is 10.5. The molecular weight excluding hydrogens is 292 g/mol. The molecule has 0 amide bonds. The Morgan fingerprint density at radius 1 is 1.53 bits per heavy atom. The van der Waals surface area contributed by atoms with Crippen LogP contribution in [0.15, 0.2) is 4.52 Å². The molecule has 0 aromatic carbocycles. The van der Waals surface area contributed by atoms with Gasteiger partial charge >= 0.3 is 5.97 Å². The van der Waals surface area contributed by atoms with Gasteiger partial charge in [-0.05, 0) is 6.92 Å². The summed E-state index contributed by atoms with van der Waals surface area (Å²) in [5.41, 5.74) is 0. The number of anilines is 1. The molecule has 102 valence electrons. The summed E-state index contributed by atoms with van der Waals surface area (Å²) in [5.74, 6) is 0.643. The molecule has 0 fully saturated rings. The van der Waals surface area contributed by atoms with Gasteiger partial charge in [0.1, 0.15) is 0 Å². The first-order valence-corrected chi connectivity index (χ1v) is 6.57. The average Bonchev–Trinajstić information content (AvgIpc) is 2.95. The Bertz CT molecular complexity index is 583. The van der Waals surface area contributed by atoms with E-state index in [1.54, 1.807) is 6.92 Å². The molecule has 0 aliphatic carbocycles. The van der Waals surface area contributed by atoms with E-state index in [4.69, 9.17) is 16.1 Å². The summed E-state index contributed by atoms with van der Waals surface area (Å²) >= 11 is 6.97. The summed E-state index contributed by atoms with van der Waals surface area (Å²) in [6.07, 6.45) is 0.561. The minimum atomic E-state index is -0.497. The summed E-state index contributed by atoms with van der Waals surface area (Å²) in [4.78, 5) is 19.7. The maximum absolute atomic E-state index is 11.3. The van der Waals surface area contributed by atoms with Crippen LogP contribution in [0.3, 0.4) is 0 Å². The van der Waals surface area contributed by atoms with Gasteiger partial charge in [-0.3, -0.25) is 0 Å². The van der Waals surface area contributed by atoms with Crippen molar-refractivity contribution in [3.05, 3.63) is 21.7 Å². The van der Waals surface area contributed by atoms with Gasteiger partial charge in [0, 0.05) is 13.0 Å². The van der Waals surface area contributed by atoms with Gasteiger partial charge in [-0.1, -0.05) is 28.1 Å². The van der Waals surface area contributed by atoms with Crippen molar-refractivity contribution in [2.75, 3.05) is 19.0 Å². The summed E-state index contributed by atoms with van der Waals surface area (Å²) in [5, 5.41) is 7.39. The van der Waals surface area contributed by atoms with Crippen molar-refractivity contribution >= 4 is 34.0 Å². The van der Waals surface area contributed by atoms with E-state index in [-0.39, 0.29) is 10.0 Å². The molecule has 19 heavy (non-hydrogen) atoms. The smallest absolute Gasteiger partial charge is 0.351 e. The largest absolute Gasteiger partial charge is 0.465 e. The number of hydrogen-bond donors (Lipinski definition) is 1. The number of carbonyl (C=O) groups excluding carboxylic acids is 1. The lowest BCUT2D eigenvalue weighted by Crippen LogP contribution is -2.04. The molecule has 0 radical (unpaired) electrons. The zero-order valence-electron chi connectivity index (χ0n) is 10.3. The van der Waals surface area contributed by atoms with Crippen LogP contribution in [-0.2, 0) is 11.2 Å².